The van der Waals surface area contributed by atoms with Gasteiger partial charge in [0.25, 0.3) is 5.56 Å². The summed E-state index contributed by atoms with van der Waals surface area (Å²) in [4.78, 5) is 35.4. The lowest BCUT2D eigenvalue weighted by atomic mass is 9.89. The smallest absolute Gasteiger partial charge is 0.263 e. The lowest BCUT2D eigenvalue weighted by Gasteiger charge is -2.18. The van der Waals surface area contributed by atoms with Crippen LogP contribution in [0.15, 0.2) is 9.95 Å². The molecule has 3 aromatic heterocycles. The Bertz CT molecular complexity index is 1170. The van der Waals surface area contributed by atoms with Gasteiger partial charge in [-0.3, -0.25) is 9.36 Å². The molecule has 166 valence electrons. The molecular formula is C21H29N7OS2. The molecule has 1 unspecified atom stereocenters. The number of hydrogen-bond donors (Lipinski definition) is 1. The summed E-state index contributed by atoms with van der Waals surface area (Å²) >= 11 is 3.16. The Labute approximate surface area is 190 Å². The number of nitrogen functional groups attached to an aromatic ring is 1. The Hall–Kier alpha value is -2.20. The van der Waals surface area contributed by atoms with Gasteiger partial charge in [-0.25, -0.2) is 4.98 Å². The monoisotopic (exact) mass is 459 g/mol. The Morgan fingerprint density at radius 2 is 2.03 bits per heavy atom. The molecule has 0 aliphatic heterocycles. The molecular weight excluding hydrogens is 430 g/mol. The first kappa shape index (κ1) is 22.0. The summed E-state index contributed by atoms with van der Waals surface area (Å²) in [5.74, 6) is 2.74. The highest BCUT2D eigenvalue weighted by atomic mass is 32.2. The third kappa shape index (κ3) is 4.55. The standard InChI is InChI=1S/C21H29N7OS2/c1-11(2)9-28-18(29)16-13-7-6-12(3)8-14(13)31-17(16)25-21(28)30-10-15-23-19(22)26-20(24-15)27(4)5/h11-12H,6-10H2,1-5H3,(H2,22,23,24,26). The van der Waals surface area contributed by atoms with Crippen LogP contribution in [-0.2, 0) is 25.1 Å². The quantitative estimate of drug-likeness (QED) is 0.442. The molecule has 1 aliphatic carbocycles. The lowest BCUT2D eigenvalue weighted by molar-refractivity contribution is 0.474. The summed E-state index contributed by atoms with van der Waals surface area (Å²) in [5.41, 5.74) is 7.17. The number of hydrogen-bond acceptors (Lipinski definition) is 9. The Balaban J connectivity index is 1.74. The number of aromatic nitrogens is 5. The molecule has 0 saturated carbocycles. The molecule has 4 rings (SSSR count). The highest BCUT2D eigenvalue weighted by Gasteiger charge is 2.25. The maximum Gasteiger partial charge on any atom is 0.263 e. The van der Waals surface area contributed by atoms with Crippen molar-refractivity contribution in [3.05, 3.63) is 26.6 Å². The van der Waals surface area contributed by atoms with Gasteiger partial charge in [-0.05, 0) is 36.7 Å². The summed E-state index contributed by atoms with van der Waals surface area (Å²) < 4.78 is 1.83. The van der Waals surface area contributed by atoms with Gasteiger partial charge in [0.05, 0.1) is 11.1 Å². The van der Waals surface area contributed by atoms with Crippen molar-refractivity contribution in [3.63, 3.8) is 0 Å². The molecule has 0 radical (unpaired) electrons. The molecule has 10 heteroatoms. The fourth-order valence-electron chi connectivity index (χ4n) is 3.86. The predicted molar refractivity (Wildman–Crippen MR) is 128 cm³/mol. The minimum absolute atomic E-state index is 0.0809. The maximum absolute atomic E-state index is 13.6. The molecule has 1 aliphatic rings. The zero-order chi connectivity index (χ0) is 22.3. The fraction of sp³-hybridized carbons (Fsp3) is 0.571. The second-order valence-electron chi connectivity index (χ2n) is 8.83. The van der Waals surface area contributed by atoms with Crippen LogP contribution in [-0.4, -0.2) is 38.6 Å². The van der Waals surface area contributed by atoms with E-state index in [-0.39, 0.29) is 11.5 Å². The van der Waals surface area contributed by atoms with Crippen molar-refractivity contribution in [1.29, 1.82) is 0 Å². The van der Waals surface area contributed by atoms with E-state index in [1.54, 1.807) is 16.2 Å². The van der Waals surface area contributed by atoms with Crippen LogP contribution < -0.4 is 16.2 Å². The summed E-state index contributed by atoms with van der Waals surface area (Å²) in [6.07, 6.45) is 3.15. The number of thiophene rings is 1. The topological polar surface area (TPSA) is 103 Å². The fourth-order valence-corrected chi connectivity index (χ4v) is 6.15. The average molecular weight is 460 g/mol. The van der Waals surface area contributed by atoms with E-state index in [9.17, 15) is 4.79 Å². The Kier molecular flexibility index (Phi) is 6.20. The van der Waals surface area contributed by atoms with E-state index in [1.807, 2.05) is 18.7 Å². The van der Waals surface area contributed by atoms with Crippen molar-refractivity contribution in [2.75, 3.05) is 24.7 Å². The van der Waals surface area contributed by atoms with E-state index in [0.29, 0.717) is 41.1 Å². The molecule has 2 N–H and O–H groups in total. The molecule has 3 heterocycles. The first-order valence-electron chi connectivity index (χ1n) is 10.6. The van der Waals surface area contributed by atoms with Crippen LogP contribution >= 0.6 is 23.1 Å². The van der Waals surface area contributed by atoms with Gasteiger partial charge in [-0.2, -0.15) is 15.0 Å². The van der Waals surface area contributed by atoms with Crippen molar-refractivity contribution >= 4 is 45.2 Å². The van der Waals surface area contributed by atoms with Crippen LogP contribution in [0.1, 0.15) is 43.5 Å². The first-order valence-corrected chi connectivity index (χ1v) is 12.4. The van der Waals surface area contributed by atoms with Gasteiger partial charge in [0.15, 0.2) is 5.16 Å². The summed E-state index contributed by atoms with van der Waals surface area (Å²) in [7, 11) is 3.72. The van der Waals surface area contributed by atoms with Crippen LogP contribution in [0.4, 0.5) is 11.9 Å². The van der Waals surface area contributed by atoms with Crippen molar-refractivity contribution in [2.24, 2.45) is 11.8 Å². The zero-order valence-electron chi connectivity index (χ0n) is 18.7. The van der Waals surface area contributed by atoms with Gasteiger partial charge in [0, 0.05) is 25.5 Å². The Morgan fingerprint density at radius 3 is 2.74 bits per heavy atom. The molecule has 31 heavy (non-hydrogen) atoms. The summed E-state index contributed by atoms with van der Waals surface area (Å²) in [5, 5.41) is 1.54. The van der Waals surface area contributed by atoms with Crippen LogP contribution in [0.2, 0.25) is 0 Å². The second kappa shape index (κ2) is 8.74. The summed E-state index contributed by atoms with van der Waals surface area (Å²) in [6, 6.07) is 0. The molecule has 0 bridgehead atoms. The van der Waals surface area contributed by atoms with Crippen LogP contribution in [0, 0.1) is 11.8 Å². The molecule has 3 aromatic rings. The van der Waals surface area contributed by atoms with Gasteiger partial charge in [0.2, 0.25) is 11.9 Å². The third-order valence-electron chi connectivity index (χ3n) is 5.35. The van der Waals surface area contributed by atoms with Gasteiger partial charge >= 0.3 is 0 Å². The van der Waals surface area contributed by atoms with Crippen molar-refractivity contribution in [3.8, 4) is 0 Å². The number of fused-ring (bicyclic) bond motifs is 3. The Morgan fingerprint density at radius 1 is 1.26 bits per heavy atom. The highest BCUT2D eigenvalue weighted by molar-refractivity contribution is 7.98. The number of nitrogens with two attached hydrogens (primary N) is 1. The van der Waals surface area contributed by atoms with Gasteiger partial charge < -0.3 is 10.6 Å². The molecule has 8 nitrogen and oxygen atoms in total. The SMILES string of the molecule is CC(C)Cn1c(SCc2nc(N)nc(N(C)C)n2)nc2sc3c(c2c1=O)CCC(C)C3. The summed E-state index contributed by atoms with van der Waals surface area (Å²) in [6.45, 7) is 7.15. The van der Waals surface area contributed by atoms with E-state index in [0.717, 1.165) is 29.5 Å². The molecule has 0 aromatic carbocycles. The third-order valence-corrected chi connectivity index (χ3v) is 7.47. The van der Waals surface area contributed by atoms with E-state index in [4.69, 9.17) is 10.7 Å². The van der Waals surface area contributed by atoms with Crippen molar-refractivity contribution in [2.45, 2.75) is 57.5 Å². The van der Waals surface area contributed by atoms with E-state index in [2.05, 4.69) is 35.7 Å². The van der Waals surface area contributed by atoms with Crippen LogP contribution in [0.5, 0.6) is 0 Å². The normalized spacial score (nSPS) is 16.1. The maximum atomic E-state index is 13.6. The van der Waals surface area contributed by atoms with Gasteiger partial charge in [0.1, 0.15) is 10.7 Å². The number of thioether (sulfide) groups is 1. The number of aryl methyl sites for hydroxylation is 1. The zero-order valence-corrected chi connectivity index (χ0v) is 20.3. The van der Waals surface area contributed by atoms with E-state index >= 15 is 0 Å². The number of nitrogens with zero attached hydrogens (tertiary/aromatic N) is 6. The minimum atomic E-state index is 0.0809. The molecule has 0 amide bonds. The molecule has 0 saturated heterocycles. The van der Waals surface area contributed by atoms with Crippen LogP contribution in [0.25, 0.3) is 10.2 Å². The minimum Gasteiger partial charge on any atom is -0.368 e. The first-order chi connectivity index (χ1) is 14.7. The van der Waals surface area contributed by atoms with Gasteiger partial charge in [-0.1, -0.05) is 32.5 Å². The second-order valence-corrected chi connectivity index (χ2v) is 10.9. The van der Waals surface area contributed by atoms with Crippen molar-refractivity contribution < 1.29 is 0 Å². The molecule has 0 spiro atoms. The lowest BCUT2D eigenvalue weighted by Crippen LogP contribution is -2.26. The van der Waals surface area contributed by atoms with E-state index < -0.39 is 0 Å². The number of rotatable bonds is 6. The van der Waals surface area contributed by atoms with Crippen molar-refractivity contribution in [1.82, 2.24) is 24.5 Å². The molecule has 1 atom stereocenters. The predicted octanol–water partition coefficient (Wildman–Crippen LogP) is 3.36. The largest absolute Gasteiger partial charge is 0.368 e. The highest BCUT2D eigenvalue weighted by Crippen LogP contribution is 2.36. The molecule has 0 fully saturated rings. The average Bonchev–Trinajstić information content (AvgIpc) is 3.05. The van der Waals surface area contributed by atoms with Gasteiger partial charge in [-0.15, -0.1) is 11.3 Å². The number of anilines is 2. The van der Waals surface area contributed by atoms with Crippen LogP contribution in [0.3, 0.4) is 0 Å². The van der Waals surface area contributed by atoms with E-state index in [1.165, 1.54) is 22.2 Å².